The van der Waals surface area contributed by atoms with Gasteiger partial charge in [0, 0.05) is 10.7 Å². The summed E-state index contributed by atoms with van der Waals surface area (Å²) in [6.07, 6.45) is 0.250. The molecule has 0 aliphatic carbocycles. The normalized spacial score (nSPS) is 12.2. The molecule has 2 N–H and O–H groups in total. The largest absolute Gasteiger partial charge is 0.462 e. The average Bonchev–Trinajstić information content (AvgIpc) is 2.67. The number of hydrogen-bond acceptors (Lipinski definition) is 5. The van der Waals surface area contributed by atoms with Gasteiger partial charge in [0.15, 0.2) is 0 Å². The molecule has 2 aromatic rings. The van der Waals surface area contributed by atoms with E-state index < -0.39 is 27.9 Å². The quantitative estimate of drug-likeness (QED) is 0.633. The lowest BCUT2D eigenvalue weighted by Crippen LogP contribution is -2.43. The van der Waals surface area contributed by atoms with Gasteiger partial charge in [0.05, 0.1) is 17.1 Å². The van der Waals surface area contributed by atoms with Crippen molar-refractivity contribution in [1.82, 2.24) is 4.72 Å². The minimum Gasteiger partial charge on any atom is -0.462 e. The van der Waals surface area contributed by atoms with Crippen LogP contribution in [0, 0.1) is 0 Å². The second kappa shape index (κ2) is 9.68. The zero-order valence-electron chi connectivity index (χ0n) is 15.4. The number of benzene rings is 2. The number of carbonyl (C=O) groups is 2. The van der Waals surface area contributed by atoms with Crippen LogP contribution in [0.1, 0.15) is 30.6 Å². The molecule has 0 saturated heterocycles. The molecule has 0 radical (unpaired) electrons. The van der Waals surface area contributed by atoms with Crippen molar-refractivity contribution in [3.8, 4) is 0 Å². The van der Waals surface area contributed by atoms with Crippen molar-refractivity contribution in [3.05, 3.63) is 59.1 Å². The highest BCUT2D eigenvalue weighted by molar-refractivity contribution is 7.89. The van der Waals surface area contributed by atoms with E-state index in [9.17, 15) is 18.0 Å². The third-order valence-electron chi connectivity index (χ3n) is 3.81. The zero-order chi connectivity index (χ0) is 20.7. The fourth-order valence-corrected chi connectivity index (χ4v) is 3.73. The van der Waals surface area contributed by atoms with Crippen molar-refractivity contribution < 1.29 is 22.7 Å². The van der Waals surface area contributed by atoms with Gasteiger partial charge in [-0.25, -0.2) is 13.2 Å². The molecule has 2 rings (SSSR count). The standard InChI is InChI=1S/C19H21ClN2O5S/c1-3-17(22-28(25,26)16-11-7-14(20)8-12-16)18(23)21-15-9-5-13(6-10-15)19(24)27-4-2/h5-12,17,22H,3-4H2,1-2H3,(H,21,23). The highest BCUT2D eigenvalue weighted by atomic mass is 35.5. The van der Waals surface area contributed by atoms with Crippen LogP contribution in [0.15, 0.2) is 53.4 Å². The number of anilines is 1. The molecule has 1 atom stereocenters. The second-order valence-electron chi connectivity index (χ2n) is 5.82. The van der Waals surface area contributed by atoms with Gasteiger partial charge in [-0.2, -0.15) is 4.72 Å². The summed E-state index contributed by atoms with van der Waals surface area (Å²) in [6.45, 7) is 3.67. The highest BCUT2D eigenvalue weighted by Gasteiger charge is 2.24. The van der Waals surface area contributed by atoms with E-state index in [2.05, 4.69) is 10.0 Å². The Kier molecular flexibility index (Phi) is 7.56. The number of esters is 1. The summed E-state index contributed by atoms with van der Waals surface area (Å²) in [5.41, 5.74) is 0.789. The topological polar surface area (TPSA) is 102 Å². The maximum Gasteiger partial charge on any atom is 0.338 e. The summed E-state index contributed by atoms with van der Waals surface area (Å²) in [5.74, 6) is -0.966. The van der Waals surface area contributed by atoms with Gasteiger partial charge in [0.1, 0.15) is 6.04 Å². The van der Waals surface area contributed by atoms with E-state index in [1.54, 1.807) is 26.0 Å². The Labute approximate surface area is 169 Å². The van der Waals surface area contributed by atoms with Crippen LogP contribution in [0.5, 0.6) is 0 Å². The van der Waals surface area contributed by atoms with Crippen molar-refractivity contribution >= 4 is 39.2 Å². The number of sulfonamides is 1. The minimum atomic E-state index is -3.88. The number of hydrogen-bond donors (Lipinski definition) is 2. The van der Waals surface area contributed by atoms with E-state index in [0.29, 0.717) is 16.3 Å². The summed E-state index contributed by atoms with van der Waals surface area (Å²) in [7, 11) is -3.88. The van der Waals surface area contributed by atoms with Gasteiger partial charge in [-0.1, -0.05) is 18.5 Å². The van der Waals surface area contributed by atoms with E-state index >= 15 is 0 Å². The summed E-state index contributed by atoms with van der Waals surface area (Å²) >= 11 is 5.78. The summed E-state index contributed by atoms with van der Waals surface area (Å²) in [6, 6.07) is 10.8. The molecule has 9 heteroatoms. The van der Waals surface area contributed by atoms with Gasteiger partial charge in [-0.15, -0.1) is 0 Å². The van der Waals surface area contributed by atoms with Crippen molar-refractivity contribution in [2.45, 2.75) is 31.2 Å². The maximum absolute atomic E-state index is 12.5. The molecule has 2 aromatic carbocycles. The SMILES string of the molecule is CCOC(=O)c1ccc(NC(=O)C(CC)NS(=O)(=O)c2ccc(Cl)cc2)cc1. The third-order valence-corrected chi connectivity index (χ3v) is 5.55. The van der Waals surface area contributed by atoms with Crippen LogP contribution in [0.4, 0.5) is 5.69 Å². The second-order valence-corrected chi connectivity index (χ2v) is 7.97. The zero-order valence-corrected chi connectivity index (χ0v) is 17.0. The molecule has 0 fully saturated rings. The van der Waals surface area contributed by atoms with Gasteiger partial charge >= 0.3 is 5.97 Å². The first kappa shape index (κ1) is 21.9. The molecule has 1 unspecified atom stereocenters. The lowest BCUT2D eigenvalue weighted by molar-refractivity contribution is -0.117. The smallest absolute Gasteiger partial charge is 0.338 e. The molecule has 0 bridgehead atoms. The van der Waals surface area contributed by atoms with Crippen molar-refractivity contribution in [1.29, 1.82) is 0 Å². The lowest BCUT2D eigenvalue weighted by atomic mass is 10.2. The van der Waals surface area contributed by atoms with E-state index in [1.165, 1.54) is 36.4 Å². The first-order chi connectivity index (χ1) is 13.3. The summed E-state index contributed by atoms with van der Waals surface area (Å²) in [4.78, 5) is 24.1. The van der Waals surface area contributed by atoms with Gasteiger partial charge in [-0.3, -0.25) is 4.79 Å². The number of amides is 1. The maximum atomic E-state index is 12.5. The number of ether oxygens (including phenoxy) is 1. The number of halogens is 1. The van der Waals surface area contributed by atoms with Crippen molar-refractivity contribution in [3.63, 3.8) is 0 Å². The molecule has 0 saturated carbocycles. The van der Waals surface area contributed by atoms with Gasteiger partial charge < -0.3 is 10.1 Å². The molecular formula is C19H21ClN2O5S. The lowest BCUT2D eigenvalue weighted by Gasteiger charge is -2.17. The molecule has 0 aliphatic heterocycles. The monoisotopic (exact) mass is 424 g/mol. The minimum absolute atomic E-state index is 0.0157. The Bertz CT molecular complexity index is 928. The van der Waals surface area contributed by atoms with E-state index in [4.69, 9.17) is 16.3 Å². The van der Waals surface area contributed by atoms with Crippen LogP contribution >= 0.6 is 11.6 Å². The van der Waals surface area contributed by atoms with E-state index in [1.807, 2.05) is 0 Å². The number of carbonyl (C=O) groups excluding carboxylic acids is 2. The van der Waals surface area contributed by atoms with Crippen molar-refractivity contribution in [2.75, 3.05) is 11.9 Å². The fourth-order valence-electron chi connectivity index (χ4n) is 2.32. The molecular weight excluding hydrogens is 404 g/mol. The molecule has 0 aromatic heterocycles. The highest BCUT2D eigenvalue weighted by Crippen LogP contribution is 2.16. The Morgan fingerprint density at radius 3 is 2.18 bits per heavy atom. The predicted molar refractivity (Wildman–Crippen MR) is 107 cm³/mol. The van der Waals surface area contributed by atoms with Crippen molar-refractivity contribution in [2.24, 2.45) is 0 Å². The Hall–Kier alpha value is -2.42. The predicted octanol–water partition coefficient (Wildman–Crippen LogP) is 3.21. The summed E-state index contributed by atoms with van der Waals surface area (Å²) < 4.78 is 32.2. The van der Waals surface area contributed by atoms with Crippen LogP contribution in [0.2, 0.25) is 5.02 Å². The third kappa shape index (κ3) is 5.79. The molecule has 150 valence electrons. The Balaban J connectivity index is 2.07. The van der Waals surface area contributed by atoms with Gasteiger partial charge in [0.2, 0.25) is 15.9 Å². The molecule has 0 heterocycles. The first-order valence-corrected chi connectivity index (χ1v) is 10.5. The number of rotatable bonds is 8. The van der Waals surface area contributed by atoms with E-state index in [-0.39, 0.29) is 17.9 Å². The average molecular weight is 425 g/mol. The Morgan fingerprint density at radius 2 is 1.64 bits per heavy atom. The Morgan fingerprint density at radius 1 is 1.04 bits per heavy atom. The molecule has 0 aliphatic rings. The molecule has 0 spiro atoms. The summed E-state index contributed by atoms with van der Waals surface area (Å²) in [5, 5.41) is 3.05. The van der Waals surface area contributed by atoms with Crippen LogP contribution in [-0.4, -0.2) is 32.9 Å². The number of nitrogens with one attached hydrogen (secondary N) is 2. The van der Waals surface area contributed by atoms with E-state index in [0.717, 1.165) is 0 Å². The van der Waals surface area contributed by atoms with Crippen LogP contribution < -0.4 is 10.0 Å². The van der Waals surface area contributed by atoms with Gasteiger partial charge in [0.25, 0.3) is 0 Å². The molecule has 28 heavy (non-hydrogen) atoms. The fraction of sp³-hybridized carbons (Fsp3) is 0.263. The first-order valence-electron chi connectivity index (χ1n) is 8.62. The molecule has 7 nitrogen and oxygen atoms in total. The van der Waals surface area contributed by atoms with Crippen LogP contribution in [-0.2, 0) is 19.6 Å². The van der Waals surface area contributed by atoms with Crippen LogP contribution in [0.3, 0.4) is 0 Å². The molecule has 1 amide bonds. The van der Waals surface area contributed by atoms with Gasteiger partial charge in [-0.05, 0) is 61.9 Å². The van der Waals surface area contributed by atoms with Crippen LogP contribution in [0.25, 0.3) is 0 Å².